The van der Waals surface area contributed by atoms with E-state index >= 15 is 0 Å². The Morgan fingerprint density at radius 1 is 0.913 bits per heavy atom. The molecule has 1 aromatic heterocycles. The van der Waals surface area contributed by atoms with E-state index in [1.54, 1.807) is 47.0 Å². The molecule has 244 valence electrons. The first-order chi connectivity index (χ1) is 22.1. The van der Waals surface area contributed by atoms with Crippen LogP contribution in [0, 0.1) is 5.92 Å². The molecule has 5 rings (SSSR count). The number of nitrogens with one attached hydrogen (secondary N) is 4. The number of nitrogens with zero attached hydrogens (tertiary/aromatic N) is 2. The molecule has 2 bridgehead atoms. The second-order valence-electron chi connectivity index (χ2n) is 11.9. The maximum atomic E-state index is 13.7. The highest BCUT2D eigenvalue weighted by Crippen LogP contribution is 2.14. The molecule has 0 saturated heterocycles. The third-order valence-electron chi connectivity index (χ3n) is 7.68. The predicted molar refractivity (Wildman–Crippen MR) is 176 cm³/mol. The summed E-state index contributed by atoms with van der Waals surface area (Å²) in [5.74, 6) is -1.91. The van der Waals surface area contributed by atoms with E-state index in [1.807, 2.05) is 44.2 Å². The van der Waals surface area contributed by atoms with Gasteiger partial charge in [-0.15, -0.1) is 11.3 Å². The van der Waals surface area contributed by atoms with Crippen LogP contribution in [-0.2, 0) is 27.3 Å². The van der Waals surface area contributed by atoms with Gasteiger partial charge < -0.3 is 26.2 Å². The number of rotatable bonds is 5. The van der Waals surface area contributed by atoms with E-state index in [9.17, 15) is 24.0 Å². The smallest absolute Gasteiger partial charge is 0.273 e. The maximum Gasteiger partial charge on any atom is 0.273 e. The Hall–Kier alpha value is -4.58. The molecule has 0 radical (unpaired) electrons. The molecule has 0 aliphatic carbocycles. The quantitative estimate of drug-likeness (QED) is 0.313. The van der Waals surface area contributed by atoms with Crippen molar-refractivity contribution >= 4 is 40.9 Å². The van der Waals surface area contributed by atoms with Gasteiger partial charge in [0.25, 0.3) is 11.8 Å². The number of hydrogen-bond donors (Lipinski definition) is 4. The number of benzene rings is 2. The average Bonchev–Trinajstić information content (AvgIpc) is 3.58. The summed E-state index contributed by atoms with van der Waals surface area (Å²) in [6, 6.07) is 13.5. The van der Waals surface area contributed by atoms with Crippen molar-refractivity contribution in [2.75, 3.05) is 13.1 Å². The van der Waals surface area contributed by atoms with Crippen LogP contribution in [0.25, 0.3) is 0 Å². The third kappa shape index (κ3) is 9.96. The second-order valence-corrected chi connectivity index (χ2v) is 12.7. The monoisotopic (exact) mass is 646 g/mol. The molecule has 0 saturated carbocycles. The largest absolute Gasteiger partial charge is 0.354 e. The van der Waals surface area contributed by atoms with Gasteiger partial charge in [0.15, 0.2) is 0 Å². The van der Waals surface area contributed by atoms with Crippen LogP contribution < -0.4 is 21.3 Å². The zero-order valence-corrected chi connectivity index (χ0v) is 27.3. The summed E-state index contributed by atoms with van der Waals surface area (Å²) in [4.78, 5) is 72.4. The lowest BCUT2D eigenvalue weighted by Gasteiger charge is -2.25. The Balaban J connectivity index is 1.61. The van der Waals surface area contributed by atoms with Crippen LogP contribution in [0.5, 0.6) is 0 Å². The number of carbonyl (C=O) groups is 5. The van der Waals surface area contributed by atoms with Gasteiger partial charge in [0.1, 0.15) is 23.8 Å². The second kappa shape index (κ2) is 16.6. The first kappa shape index (κ1) is 34.3. The van der Waals surface area contributed by atoms with Gasteiger partial charge in [0.05, 0.1) is 5.51 Å². The zero-order chi connectivity index (χ0) is 33.1. The lowest BCUT2D eigenvalue weighted by molar-refractivity contribution is -0.132. The van der Waals surface area contributed by atoms with Crippen molar-refractivity contribution in [1.82, 2.24) is 31.2 Å². The molecule has 2 aliphatic heterocycles. The Labute approximate surface area is 273 Å². The summed E-state index contributed by atoms with van der Waals surface area (Å²) >= 11 is 1.34. The fourth-order valence-corrected chi connectivity index (χ4v) is 5.69. The van der Waals surface area contributed by atoms with E-state index in [1.165, 1.54) is 11.3 Å². The standard InChI is InChI=1S/C34H42N6O5S/c1-22(2)17-27-32(43)37-23(3)30(41)35-15-7-8-16-40(34(45)29-20-46-21-36-29)19-25-11-13-26(14-12-25)31(42)38-28(33(44)39-27)18-24-9-5-4-6-10-24/h4-6,9-14,20-23,27-28H,7-8,15-19H2,1-3H3,(H,35,41)(H,37,43)(H,38,42)(H,39,44)/t23-,27+,28-/m1/s1. The molecule has 12 heteroatoms. The van der Waals surface area contributed by atoms with E-state index in [0.29, 0.717) is 50.2 Å². The summed E-state index contributed by atoms with van der Waals surface area (Å²) in [6.07, 6.45) is 1.79. The van der Waals surface area contributed by atoms with Gasteiger partial charge in [0, 0.05) is 37.0 Å². The van der Waals surface area contributed by atoms with E-state index in [4.69, 9.17) is 0 Å². The Morgan fingerprint density at radius 3 is 2.30 bits per heavy atom. The highest BCUT2D eigenvalue weighted by Gasteiger charge is 2.29. The number of thiazole rings is 1. The van der Waals surface area contributed by atoms with Crippen LogP contribution in [-0.4, -0.2) is 70.6 Å². The van der Waals surface area contributed by atoms with Crippen molar-refractivity contribution in [3.05, 3.63) is 87.9 Å². The minimum atomic E-state index is -0.974. The van der Waals surface area contributed by atoms with Crippen molar-refractivity contribution in [3.63, 3.8) is 0 Å². The summed E-state index contributed by atoms with van der Waals surface area (Å²) in [5.41, 5.74) is 3.99. The van der Waals surface area contributed by atoms with Gasteiger partial charge in [-0.2, -0.15) is 0 Å². The van der Waals surface area contributed by atoms with Crippen LogP contribution in [0.3, 0.4) is 0 Å². The molecule has 2 aliphatic rings. The Kier molecular flexibility index (Phi) is 12.4. The number of aromatic nitrogens is 1. The molecule has 2 aromatic carbocycles. The first-order valence-corrected chi connectivity index (χ1v) is 16.5. The average molecular weight is 647 g/mol. The SMILES string of the molecule is CC(C)C[C@@H]1NC(=O)[C@@H](Cc2ccccc2)NC(=O)c2ccc(cc2)CN(C(=O)c2cscn2)CCCCNC(=O)[C@@H](C)NC1=O. The molecule has 0 fully saturated rings. The highest BCUT2D eigenvalue weighted by molar-refractivity contribution is 7.07. The van der Waals surface area contributed by atoms with Gasteiger partial charge in [-0.05, 0) is 55.4 Å². The molecule has 46 heavy (non-hydrogen) atoms. The summed E-state index contributed by atoms with van der Waals surface area (Å²) in [6.45, 7) is 6.58. The molecule has 3 heterocycles. The molecule has 11 nitrogen and oxygen atoms in total. The lowest BCUT2D eigenvalue weighted by atomic mass is 10.0. The van der Waals surface area contributed by atoms with Crippen LogP contribution in [0.1, 0.15) is 72.0 Å². The molecular weight excluding hydrogens is 604 g/mol. The number of amides is 5. The summed E-state index contributed by atoms with van der Waals surface area (Å²) in [7, 11) is 0. The lowest BCUT2D eigenvalue weighted by Crippen LogP contribution is -2.57. The van der Waals surface area contributed by atoms with E-state index in [0.717, 1.165) is 11.1 Å². The van der Waals surface area contributed by atoms with Crippen molar-refractivity contribution < 1.29 is 24.0 Å². The van der Waals surface area contributed by atoms with E-state index in [2.05, 4.69) is 26.3 Å². The molecule has 0 unspecified atom stereocenters. The highest BCUT2D eigenvalue weighted by atomic mass is 32.1. The third-order valence-corrected chi connectivity index (χ3v) is 8.27. The fourth-order valence-electron chi connectivity index (χ4n) is 5.16. The number of fused-ring (bicyclic) bond motifs is 18. The molecule has 0 spiro atoms. The van der Waals surface area contributed by atoms with Gasteiger partial charge in [0.2, 0.25) is 17.7 Å². The Morgan fingerprint density at radius 2 is 1.63 bits per heavy atom. The topological polar surface area (TPSA) is 150 Å². The molecule has 5 amide bonds. The van der Waals surface area contributed by atoms with Crippen molar-refractivity contribution in [2.45, 2.75) is 71.1 Å². The first-order valence-electron chi connectivity index (χ1n) is 15.6. The predicted octanol–water partition coefficient (Wildman–Crippen LogP) is 3.07. The number of hydrogen-bond acceptors (Lipinski definition) is 7. The van der Waals surface area contributed by atoms with Crippen molar-refractivity contribution in [3.8, 4) is 0 Å². The van der Waals surface area contributed by atoms with Crippen molar-refractivity contribution in [1.29, 1.82) is 0 Å². The zero-order valence-electron chi connectivity index (χ0n) is 26.5. The minimum absolute atomic E-state index is 0.0669. The van der Waals surface area contributed by atoms with Gasteiger partial charge in [-0.3, -0.25) is 24.0 Å². The summed E-state index contributed by atoms with van der Waals surface area (Å²) in [5, 5.41) is 13.0. The van der Waals surface area contributed by atoms with Crippen LogP contribution in [0.2, 0.25) is 0 Å². The molecule has 3 atom stereocenters. The fraction of sp³-hybridized carbons (Fsp3) is 0.412. The Bertz CT molecular complexity index is 1480. The summed E-state index contributed by atoms with van der Waals surface area (Å²) < 4.78 is 0. The van der Waals surface area contributed by atoms with Crippen LogP contribution in [0.4, 0.5) is 0 Å². The minimum Gasteiger partial charge on any atom is -0.354 e. The van der Waals surface area contributed by atoms with Gasteiger partial charge in [-0.25, -0.2) is 4.98 Å². The molecular formula is C34H42N6O5S. The van der Waals surface area contributed by atoms with Crippen molar-refractivity contribution in [2.24, 2.45) is 5.92 Å². The number of carbonyl (C=O) groups excluding carboxylic acids is 5. The molecule has 3 aromatic rings. The van der Waals surface area contributed by atoms with E-state index < -0.39 is 35.8 Å². The maximum absolute atomic E-state index is 13.7. The van der Waals surface area contributed by atoms with Crippen LogP contribution >= 0.6 is 11.3 Å². The molecule has 4 N–H and O–H groups in total. The van der Waals surface area contributed by atoms with Gasteiger partial charge in [-0.1, -0.05) is 56.3 Å². The normalized spacial score (nSPS) is 20.7. The van der Waals surface area contributed by atoms with E-state index in [-0.39, 0.29) is 24.2 Å². The van der Waals surface area contributed by atoms with Crippen LogP contribution in [0.15, 0.2) is 65.5 Å². The van der Waals surface area contributed by atoms with Gasteiger partial charge >= 0.3 is 0 Å².